The van der Waals surface area contributed by atoms with E-state index in [2.05, 4.69) is 43.1 Å². The van der Waals surface area contributed by atoms with Gasteiger partial charge >= 0.3 is 0 Å². The van der Waals surface area contributed by atoms with E-state index in [1.54, 1.807) is 30.1 Å². The summed E-state index contributed by atoms with van der Waals surface area (Å²) in [6.45, 7) is 4.48. The van der Waals surface area contributed by atoms with Gasteiger partial charge in [-0.2, -0.15) is 4.98 Å². The molecule has 0 spiro atoms. The minimum absolute atomic E-state index is 0.118. The summed E-state index contributed by atoms with van der Waals surface area (Å²) in [5, 5.41) is 16.0. The van der Waals surface area contributed by atoms with Gasteiger partial charge in [0.15, 0.2) is 15.9 Å². The smallest absolute Gasteiger partial charge is 0.287 e. The molecule has 0 radical (unpaired) electrons. The Morgan fingerprint density at radius 2 is 1.94 bits per heavy atom. The Labute approximate surface area is 211 Å². The van der Waals surface area contributed by atoms with E-state index in [1.807, 2.05) is 38.1 Å². The molecule has 4 rings (SSSR count). The molecule has 0 aliphatic rings. The first-order valence-electron chi connectivity index (χ1n) is 10.0. The molecule has 3 N–H and O–H groups in total. The number of halogens is 1. The second-order valence-corrected chi connectivity index (χ2v) is 9.26. The first kappa shape index (κ1) is 28.2. The molecule has 184 valence electrons. The molecule has 13 heteroatoms. The number of hydrogen-bond donors (Lipinski definition) is 4. The van der Waals surface area contributed by atoms with Gasteiger partial charge in [0.2, 0.25) is 13.4 Å². The molecule has 3 heterocycles. The Morgan fingerprint density at radius 3 is 2.50 bits per heavy atom. The summed E-state index contributed by atoms with van der Waals surface area (Å²) in [7, 11) is 1.69. The maximum absolute atomic E-state index is 12.8. The molecular formula is C21H27BrN5O5PS. The first-order chi connectivity index (χ1) is 16.4. The van der Waals surface area contributed by atoms with Gasteiger partial charge in [-0.15, -0.1) is 0 Å². The van der Waals surface area contributed by atoms with Gasteiger partial charge in [0, 0.05) is 26.6 Å². The number of nitrogens with one attached hydrogen (secondary N) is 1. The lowest BCUT2D eigenvalue weighted by atomic mass is 10.1. The van der Waals surface area contributed by atoms with Crippen LogP contribution in [0.15, 0.2) is 46.1 Å². The van der Waals surface area contributed by atoms with E-state index in [0.29, 0.717) is 22.8 Å². The SMILES string of the molecule is CCOP(S)OC.CO.Cc1ccc(-c2cn3c(=O)c4nc(Br)n(C=CCO)c4nc3[nH]2)cc1. The number of aromatic nitrogens is 5. The Kier molecular flexibility index (Phi) is 11.4. The van der Waals surface area contributed by atoms with Crippen molar-refractivity contribution >= 4 is 58.9 Å². The average Bonchev–Trinajstić information content (AvgIpc) is 3.41. The zero-order chi connectivity index (χ0) is 25.3. The maximum Gasteiger partial charge on any atom is 0.287 e. The molecule has 0 aliphatic carbocycles. The standard InChI is InChI=1S/C17H14BrN5O2.C3H9O2PS.CH4O/c1-10-3-5-11(6-4-10)12-9-23-15(25)13-14(21-17(23)19-12)22(7-2-8-24)16(18)20-13;1-3-5-6(7)4-2;1-2/h2-7,9,24H,8H2,1H3,(H,19,21);7H,3H2,1-2H3;2H,1H3. The summed E-state index contributed by atoms with van der Waals surface area (Å²) in [5.74, 6) is 0.430. The van der Waals surface area contributed by atoms with Crippen LogP contribution in [-0.2, 0) is 9.05 Å². The van der Waals surface area contributed by atoms with Gasteiger partial charge < -0.3 is 24.2 Å². The van der Waals surface area contributed by atoms with Crippen LogP contribution < -0.4 is 5.56 Å². The summed E-state index contributed by atoms with van der Waals surface area (Å²) in [6, 6.07) is 8.01. The molecular weight excluding hydrogens is 545 g/mol. The van der Waals surface area contributed by atoms with Crippen LogP contribution in [0.3, 0.4) is 0 Å². The van der Waals surface area contributed by atoms with Crippen LogP contribution >= 0.6 is 35.8 Å². The zero-order valence-electron chi connectivity index (χ0n) is 19.1. The van der Waals surface area contributed by atoms with Gasteiger partial charge in [-0.1, -0.05) is 42.1 Å². The molecule has 1 aromatic carbocycles. The fourth-order valence-corrected chi connectivity index (χ4v) is 3.97. The average molecular weight is 572 g/mol. The lowest BCUT2D eigenvalue weighted by molar-refractivity contribution is 0.313. The number of benzene rings is 1. The number of nitrogens with zero attached hydrogens (tertiary/aromatic N) is 4. The molecule has 1 atom stereocenters. The van der Waals surface area contributed by atoms with Crippen molar-refractivity contribution in [2.24, 2.45) is 0 Å². The van der Waals surface area contributed by atoms with Gasteiger partial charge in [0.05, 0.1) is 18.9 Å². The lowest BCUT2D eigenvalue weighted by Gasteiger charge is -2.03. The van der Waals surface area contributed by atoms with Crippen molar-refractivity contribution in [2.75, 3.05) is 27.4 Å². The highest BCUT2D eigenvalue weighted by Crippen LogP contribution is 2.41. The number of H-pyrrole nitrogens is 1. The summed E-state index contributed by atoms with van der Waals surface area (Å²) < 4.78 is 13.1. The first-order valence-corrected chi connectivity index (χ1v) is 13.2. The Hall–Kier alpha value is -2.05. The molecule has 1 unspecified atom stereocenters. The molecule has 0 bridgehead atoms. The molecule has 10 nitrogen and oxygen atoms in total. The number of imidazole rings is 2. The molecule has 0 saturated heterocycles. The third kappa shape index (κ3) is 6.76. The van der Waals surface area contributed by atoms with Crippen LogP contribution in [0.25, 0.3) is 34.4 Å². The third-order valence-electron chi connectivity index (χ3n) is 4.33. The van der Waals surface area contributed by atoms with Crippen molar-refractivity contribution < 1.29 is 19.3 Å². The van der Waals surface area contributed by atoms with Crippen molar-refractivity contribution in [3.05, 3.63) is 57.2 Å². The number of aliphatic hydroxyl groups excluding tert-OH is 2. The van der Waals surface area contributed by atoms with Crippen molar-refractivity contribution in [3.8, 4) is 11.3 Å². The fraction of sp³-hybridized carbons (Fsp3) is 0.286. The number of aliphatic hydroxyl groups is 2. The van der Waals surface area contributed by atoms with Crippen molar-refractivity contribution in [2.45, 2.75) is 13.8 Å². The predicted octanol–water partition coefficient (Wildman–Crippen LogP) is 4.01. The van der Waals surface area contributed by atoms with Crippen LogP contribution in [0.5, 0.6) is 0 Å². The molecule has 0 aliphatic heterocycles. The van der Waals surface area contributed by atoms with Crippen LogP contribution in [0.1, 0.15) is 12.5 Å². The van der Waals surface area contributed by atoms with E-state index < -0.39 is 7.58 Å². The molecule has 0 fully saturated rings. The highest BCUT2D eigenvalue weighted by molar-refractivity contribution is 9.10. The second-order valence-electron chi connectivity index (χ2n) is 6.47. The fourth-order valence-electron chi connectivity index (χ4n) is 2.83. The Bertz CT molecular complexity index is 1290. The van der Waals surface area contributed by atoms with E-state index >= 15 is 0 Å². The lowest BCUT2D eigenvalue weighted by Crippen LogP contribution is -2.13. The minimum Gasteiger partial charge on any atom is -0.400 e. The Morgan fingerprint density at radius 1 is 1.26 bits per heavy atom. The van der Waals surface area contributed by atoms with Crippen molar-refractivity contribution in [1.82, 2.24) is 23.9 Å². The van der Waals surface area contributed by atoms with Crippen LogP contribution in [0.4, 0.5) is 0 Å². The molecule has 4 aromatic rings. The van der Waals surface area contributed by atoms with E-state index in [0.717, 1.165) is 18.4 Å². The van der Waals surface area contributed by atoms with Gasteiger partial charge in [0.25, 0.3) is 5.56 Å². The van der Waals surface area contributed by atoms with Crippen LogP contribution in [-0.4, -0.2) is 61.6 Å². The number of hydrogen-bond acceptors (Lipinski definition) is 8. The molecule has 3 aromatic heterocycles. The van der Waals surface area contributed by atoms with E-state index in [4.69, 9.17) is 19.3 Å². The van der Waals surface area contributed by atoms with Crippen LogP contribution in [0.2, 0.25) is 0 Å². The van der Waals surface area contributed by atoms with Crippen molar-refractivity contribution in [1.29, 1.82) is 0 Å². The third-order valence-corrected chi connectivity index (χ3v) is 6.51. The summed E-state index contributed by atoms with van der Waals surface area (Å²) in [5.41, 5.74) is 3.34. The Balaban J connectivity index is 0.000000393. The highest BCUT2D eigenvalue weighted by atomic mass is 79.9. The number of fused-ring (bicyclic) bond motifs is 2. The number of aryl methyl sites for hydroxylation is 1. The van der Waals surface area contributed by atoms with Gasteiger partial charge in [-0.05, 0) is 41.4 Å². The summed E-state index contributed by atoms with van der Waals surface area (Å²) in [6.07, 6.45) is 4.89. The van der Waals surface area contributed by atoms with Gasteiger partial charge in [-0.25, -0.2) is 9.38 Å². The highest BCUT2D eigenvalue weighted by Gasteiger charge is 2.16. The monoisotopic (exact) mass is 571 g/mol. The van der Waals surface area contributed by atoms with E-state index in [1.165, 1.54) is 9.96 Å². The van der Waals surface area contributed by atoms with E-state index in [-0.39, 0.29) is 17.7 Å². The topological polar surface area (TPSA) is 127 Å². The van der Waals surface area contributed by atoms with Gasteiger partial charge in [0.1, 0.15) is 0 Å². The van der Waals surface area contributed by atoms with Gasteiger partial charge in [-0.3, -0.25) is 9.36 Å². The molecule has 34 heavy (non-hydrogen) atoms. The number of aromatic amines is 1. The normalized spacial score (nSPS) is 11.9. The maximum atomic E-state index is 12.8. The van der Waals surface area contributed by atoms with Crippen LogP contribution in [0, 0.1) is 6.92 Å². The quantitative estimate of drug-likeness (QED) is 0.156. The summed E-state index contributed by atoms with van der Waals surface area (Å²) >= 11 is 7.24. The minimum atomic E-state index is -0.884. The zero-order valence-corrected chi connectivity index (χ0v) is 22.5. The van der Waals surface area contributed by atoms with Crippen molar-refractivity contribution in [3.63, 3.8) is 0 Å². The molecule has 0 saturated carbocycles. The summed E-state index contributed by atoms with van der Waals surface area (Å²) in [4.78, 5) is 24.7. The largest absolute Gasteiger partial charge is 0.400 e. The van der Waals surface area contributed by atoms with E-state index in [9.17, 15) is 4.79 Å². The number of rotatable bonds is 6. The predicted molar refractivity (Wildman–Crippen MR) is 142 cm³/mol. The number of thiol groups is 1. The molecule has 0 amide bonds. The second kappa shape index (κ2) is 13.7.